The van der Waals surface area contributed by atoms with E-state index in [4.69, 9.17) is 5.73 Å². The lowest BCUT2D eigenvalue weighted by atomic mass is 9.84. The number of nitrogens with zero attached hydrogens (tertiary/aromatic N) is 1. The van der Waals surface area contributed by atoms with E-state index in [0.717, 1.165) is 12.8 Å². The maximum atomic E-state index is 12.2. The molecule has 0 fully saturated rings. The highest BCUT2D eigenvalue weighted by Crippen LogP contribution is 2.26. The molecule has 0 aromatic heterocycles. The van der Waals surface area contributed by atoms with Crippen molar-refractivity contribution in [2.24, 2.45) is 11.1 Å². The van der Waals surface area contributed by atoms with Crippen molar-refractivity contribution in [3.8, 4) is 0 Å². The third-order valence-electron chi connectivity index (χ3n) is 3.36. The van der Waals surface area contributed by atoms with Gasteiger partial charge < -0.3 is 16.0 Å². The zero-order valence-corrected chi connectivity index (χ0v) is 13.7. The Labute approximate surface area is 123 Å². The van der Waals surface area contributed by atoms with Crippen molar-refractivity contribution in [2.45, 2.75) is 59.9 Å². The molecule has 0 spiro atoms. The van der Waals surface area contributed by atoms with Crippen molar-refractivity contribution in [1.29, 1.82) is 0 Å². The highest BCUT2D eigenvalue weighted by Gasteiger charge is 2.21. The number of carbonyl (C=O) groups excluding carboxylic acids is 2. The Morgan fingerprint density at radius 3 is 2.30 bits per heavy atom. The molecule has 0 saturated carbocycles. The van der Waals surface area contributed by atoms with Crippen LogP contribution in [-0.4, -0.2) is 42.4 Å². The highest BCUT2D eigenvalue weighted by atomic mass is 16.2. The summed E-state index contributed by atoms with van der Waals surface area (Å²) < 4.78 is 0. The number of likely N-dealkylation sites (N-methyl/N-ethyl adjacent to an activating group) is 1. The van der Waals surface area contributed by atoms with E-state index >= 15 is 0 Å². The van der Waals surface area contributed by atoms with E-state index < -0.39 is 0 Å². The Balaban J connectivity index is 4.31. The van der Waals surface area contributed by atoms with Crippen LogP contribution >= 0.6 is 0 Å². The molecular formula is C15H31N3O2. The number of carbonyl (C=O) groups is 2. The van der Waals surface area contributed by atoms with Gasteiger partial charge in [-0.1, -0.05) is 13.8 Å². The first-order valence-electron chi connectivity index (χ1n) is 7.49. The first kappa shape index (κ1) is 18.9. The number of rotatable bonds is 9. The van der Waals surface area contributed by atoms with Gasteiger partial charge in [-0.05, 0) is 45.6 Å². The Bertz CT molecular complexity index is 314. The summed E-state index contributed by atoms with van der Waals surface area (Å²) in [5.74, 6) is -0.0621. The molecule has 0 bridgehead atoms. The van der Waals surface area contributed by atoms with Gasteiger partial charge in [-0.25, -0.2) is 0 Å². The van der Waals surface area contributed by atoms with Gasteiger partial charge in [-0.2, -0.15) is 0 Å². The minimum absolute atomic E-state index is 0.0384. The first-order chi connectivity index (χ1) is 9.21. The summed E-state index contributed by atoms with van der Waals surface area (Å²) in [4.78, 5) is 25.5. The van der Waals surface area contributed by atoms with Crippen molar-refractivity contribution in [2.75, 3.05) is 19.6 Å². The van der Waals surface area contributed by atoms with Crippen molar-refractivity contribution in [3.63, 3.8) is 0 Å². The van der Waals surface area contributed by atoms with E-state index in [0.29, 0.717) is 19.5 Å². The monoisotopic (exact) mass is 285 g/mol. The molecule has 0 aromatic carbocycles. The molecule has 3 N–H and O–H groups in total. The smallest absolute Gasteiger partial charge is 0.239 e. The standard InChI is InChI=1S/C15H31N3O2/c1-6-18(11-13(19)17-12(2)3)14(20)7-8-15(4,5)9-10-16/h12H,6-11,16H2,1-5H3,(H,17,19). The summed E-state index contributed by atoms with van der Waals surface area (Å²) in [5, 5.41) is 2.81. The van der Waals surface area contributed by atoms with Gasteiger partial charge in [-0.15, -0.1) is 0 Å². The SMILES string of the molecule is CCN(CC(=O)NC(C)C)C(=O)CCC(C)(C)CCN. The molecule has 0 aliphatic heterocycles. The summed E-state index contributed by atoms with van der Waals surface area (Å²) in [6.45, 7) is 11.3. The summed E-state index contributed by atoms with van der Waals surface area (Å²) in [6.07, 6.45) is 2.17. The minimum atomic E-state index is -0.101. The van der Waals surface area contributed by atoms with Crippen LogP contribution in [0.15, 0.2) is 0 Å². The Morgan fingerprint density at radius 2 is 1.85 bits per heavy atom. The van der Waals surface area contributed by atoms with Crippen LogP contribution in [0.2, 0.25) is 0 Å². The fourth-order valence-corrected chi connectivity index (χ4v) is 2.04. The quantitative estimate of drug-likeness (QED) is 0.674. The largest absolute Gasteiger partial charge is 0.352 e. The topological polar surface area (TPSA) is 75.4 Å². The van der Waals surface area contributed by atoms with Crippen molar-refractivity contribution >= 4 is 11.8 Å². The van der Waals surface area contributed by atoms with Crippen molar-refractivity contribution in [1.82, 2.24) is 10.2 Å². The number of hydrogen-bond acceptors (Lipinski definition) is 3. The van der Waals surface area contributed by atoms with Crippen LogP contribution in [0.25, 0.3) is 0 Å². The molecule has 5 nitrogen and oxygen atoms in total. The molecule has 20 heavy (non-hydrogen) atoms. The van der Waals surface area contributed by atoms with Gasteiger partial charge in [-0.3, -0.25) is 9.59 Å². The van der Waals surface area contributed by atoms with Crippen molar-refractivity contribution < 1.29 is 9.59 Å². The molecule has 0 aliphatic rings. The van der Waals surface area contributed by atoms with Crippen molar-refractivity contribution in [3.05, 3.63) is 0 Å². The Morgan fingerprint density at radius 1 is 1.25 bits per heavy atom. The zero-order chi connectivity index (χ0) is 15.8. The first-order valence-corrected chi connectivity index (χ1v) is 7.49. The van der Waals surface area contributed by atoms with Gasteiger partial charge in [0, 0.05) is 19.0 Å². The number of nitrogens with two attached hydrogens (primary N) is 1. The number of hydrogen-bond donors (Lipinski definition) is 2. The van der Waals surface area contributed by atoms with Crippen LogP contribution in [0.3, 0.4) is 0 Å². The summed E-state index contributed by atoms with van der Waals surface area (Å²) >= 11 is 0. The molecule has 0 heterocycles. The molecular weight excluding hydrogens is 254 g/mol. The lowest BCUT2D eigenvalue weighted by molar-refractivity contribution is -0.136. The molecule has 0 aliphatic carbocycles. The number of nitrogens with one attached hydrogen (secondary N) is 1. The van der Waals surface area contributed by atoms with Gasteiger partial charge >= 0.3 is 0 Å². The Hall–Kier alpha value is -1.10. The second kappa shape index (κ2) is 8.95. The second-order valence-corrected chi connectivity index (χ2v) is 6.33. The maximum Gasteiger partial charge on any atom is 0.239 e. The second-order valence-electron chi connectivity index (χ2n) is 6.33. The summed E-state index contributed by atoms with van der Waals surface area (Å²) in [7, 11) is 0. The summed E-state index contributed by atoms with van der Waals surface area (Å²) in [6, 6.07) is 0.0970. The average molecular weight is 285 g/mol. The molecule has 0 aromatic rings. The highest BCUT2D eigenvalue weighted by molar-refractivity contribution is 5.84. The summed E-state index contributed by atoms with van der Waals surface area (Å²) in [5.41, 5.74) is 5.64. The van der Waals surface area contributed by atoms with Gasteiger partial charge in [0.05, 0.1) is 6.54 Å². The molecule has 0 atom stereocenters. The van der Waals surface area contributed by atoms with Crippen LogP contribution in [0.1, 0.15) is 53.9 Å². The van der Waals surface area contributed by atoms with Crippen LogP contribution in [-0.2, 0) is 9.59 Å². The molecule has 0 unspecified atom stereocenters. The maximum absolute atomic E-state index is 12.2. The zero-order valence-electron chi connectivity index (χ0n) is 13.7. The third kappa shape index (κ3) is 8.15. The molecule has 5 heteroatoms. The molecule has 118 valence electrons. The third-order valence-corrected chi connectivity index (χ3v) is 3.36. The van der Waals surface area contributed by atoms with E-state index in [-0.39, 0.29) is 29.8 Å². The van der Waals surface area contributed by atoms with Gasteiger partial charge in [0.1, 0.15) is 0 Å². The lowest BCUT2D eigenvalue weighted by Crippen LogP contribution is -2.42. The van der Waals surface area contributed by atoms with Gasteiger partial charge in [0.15, 0.2) is 0 Å². The Kier molecular flexibility index (Phi) is 8.46. The molecule has 0 rings (SSSR count). The number of amides is 2. The molecule has 0 radical (unpaired) electrons. The van der Waals surface area contributed by atoms with E-state index in [2.05, 4.69) is 19.2 Å². The van der Waals surface area contributed by atoms with E-state index in [1.54, 1.807) is 4.90 Å². The predicted molar refractivity (Wildman–Crippen MR) is 82.2 cm³/mol. The van der Waals surface area contributed by atoms with Crippen LogP contribution in [0.5, 0.6) is 0 Å². The van der Waals surface area contributed by atoms with Crippen LogP contribution in [0, 0.1) is 5.41 Å². The fourth-order valence-electron chi connectivity index (χ4n) is 2.04. The lowest BCUT2D eigenvalue weighted by Gasteiger charge is -2.26. The fraction of sp³-hybridized carbons (Fsp3) is 0.867. The minimum Gasteiger partial charge on any atom is -0.352 e. The normalized spacial score (nSPS) is 11.6. The average Bonchev–Trinajstić information content (AvgIpc) is 2.32. The van der Waals surface area contributed by atoms with Crippen LogP contribution in [0.4, 0.5) is 0 Å². The van der Waals surface area contributed by atoms with Gasteiger partial charge in [0.2, 0.25) is 11.8 Å². The molecule has 2 amide bonds. The van der Waals surface area contributed by atoms with E-state index in [9.17, 15) is 9.59 Å². The predicted octanol–water partition coefficient (Wildman–Crippen LogP) is 1.51. The van der Waals surface area contributed by atoms with E-state index in [1.807, 2.05) is 20.8 Å². The molecule has 0 saturated heterocycles. The van der Waals surface area contributed by atoms with E-state index in [1.165, 1.54) is 0 Å². The van der Waals surface area contributed by atoms with Crippen LogP contribution < -0.4 is 11.1 Å². The van der Waals surface area contributed by atoms with Gasteiger partial charge in [0.25, 0.3) is 0 Å².